The van der Waals surface area contributed by atoms with Crippen LogP contribution in [0, 0.1) is 0 Å². The fourth-order valence-electron chi connectivity index (χ4n) is 3.48. The Bertz CT molecular complexity index is 786. The Hall–Kier alpha value is -2.24. The van der Waals surface area contributed by atoms with Gasteiger partial charge < -0.3 is 5.11 Å². The van der Waals surface area contributed by atoms with Crippen molar-refractivity contribution in [3.63, 3.8) is 0 Å². The van der Waals surface area contributed by atoms with Crippen LogP contribution in [0.1, 0.15) is 30.0 Å². The van der Waals surface area contributed by atoms with E-state index in [-0.39, 0.29) is 12.1 Å². The summed E-state index contributed by atoms with van der Waals surface area (Å²) in [5, 5.41) is 14.4. The Labute approximate surface area is 135 Å². The fourth-order valence-corrected chi connectivity index (χ4v) is 3.48. The topological polar surface area (TPSA) is 53.7 Å². The minimum absolute atomic E-state index is 0.190. The van der Waals surface area contributed by atoms with Crippen LogP contribution in [0.25, 0.3) is 5.52 Å². The van der Waals surface area contributed by atoms with Crippen LogP contribution in [0.4, 0.5) is 0 Å². The number of piperidine rings is 1. The van der Waals surface area contributed by atoms with Crippen LogP contribution in [0.2, 0.25) is 0 Å². The molecule has 118 valence electrons. The molecule has 5 nitrogen and oxygen atoms in total. The molecule has 0 radical (unpaired) electrons. The third-order valence-corrected chi connectivity index (χ3v) is 4.65. The van der Waals surface area contributed by atoms with Crippen LogP contribution in [0.15, 0.2) is 55.1 Å². The molecule has 1 saturated heterocycles. The quantitative estimate of drug-likeness (QED) is 0.807. The largest absolute Gasteiger partial charge is 0.393 e. The van der Waals surface area contributed by atoms with E-state index in [1.165, 1.54) is 11.1 Å². The maximum absolute atomic E-state index is 10.2. The van der Waals surface area contributed by atoms with Crippen LogP contribution in [0.5, 0.6) is 0 Å². The Morgan fingerprint density at radius 2 is 2.04 bits per heavy atom. The van der Waals surface area contributed by atoms with Gasteiger partial charge in [0.1, 0.15) is 6.33 Å². The molecule has 2 atom stereocenters. The number of aromatic nitrogens is 3. The molecule has 23 heavy (non-hydrogen) atoms. The van der Waals surface area contributed by atoms with Crippen molar-refractivity contribution in [2.45, 2.75) is 31.5 Å². The van der Waals surface area contributed by atoms with E-state index in [0.717, 1.165) is 31.4 Å². The summed E-state index contributed by atoms with van der Waals surface area (Å²) in [5.41, 5.74) is 3.51. The summed E-state index contributed by atoms with van der Waals surface area (Å²) in [4.78, 5) is 6.60. The first-order valence-electron chi connectivity index (χ1n) is 8.04. The Morgan fingerprint density at radius 3 is 2.91 bits per heavy atom. The maximum Gasteiger partial charge on any atom is 0.136 e. The molecule has 5 heteroatoms. The van der Waals surface area contributed by atoms with Crippen molar-refractivity contribution in [1.82, 2.24) is 19.5 Å². The molecule has 3 aromatic rings. The smallest absolute Gasteiger partial charge is 0.136 e. The summed E-state index contributed by atoms with van der Waals surface area (Å²) in [6, 6.07) is 12.8. The second-order valence-electron chi connectivity index (χ2n) is 6.16. The van der Waals surface area contributed by atoms with Crippen molar-refractivity contribution in [3.05, 3.63) is 66.2 Å². The molecule has 1 aromatic carbocycles. The molecular weight excluding hydrogens is 288 g/mol. The zero-order valence-electron chi connectivity index (χ0n) is 12.9. The number of hydrogen-bond donors (Lipinski definition) is 1. The molecule has 2 unspecified atom stereocenters. The van der Waals surface area contributed by atoms with Crippen molar-refractivity contribution in [2.24, 2.45) is 0 Å². The van der Waals surface area contributed by atoms with Gasteiger partial charge in [-0.25, -0.2) is 9.50 Å². The molecule has 1 aliphatic heterocycles. The molecule has 0 spiro atoms. The van der Waals surface area contributed by atoms with Gasteiger partial charge in [0.15, 0.2) is 0 Å². The van der Waals surface area contributed by atoms with Crippen LogP contribution in [-0.4, -0.2) is 37.3 Å². The number of aliphatic hydroxyl groups excluding tert-OH is 1. The van der Waals surface area contributed by atoms with Gasteiger partial charge in [-0.15, -0.1) is 0 Å². The lowest BCUT2D eigenvalue weighted by Crippen LogP contribution is -2.38. The Kier molecular flexibility index (Phi) is 3.81. The number of fused-ring (bicyclic) bond motifs is 1. The van der Waals surface area contributed by atoms with Crippen LogP contribution in [-0.2, 0) is 6.54 Å². The van der Waals surface area contributed by atoms with Gasteiger partial charge in [-0.3, -0.25) is 4.90 Å². The minimum atomic E-state index is -0.244. The highest BCUT2D eigenvalue weighted by Gasteiger charge is 2.30. The highest BCUT2D eigenvalue weighted by molar-refractivity contribution is 5.54. The molecule has 2 aromatic heterocycles. The summed E-state index contributed by atoms with van der Waals surface area (Å²) >= 11 is 0. The van der Waals surface area contributed by atoms with Crippen LogP contribution >= 0.6 is 0 Å². The first-order valence-corrected chi connectivity index (χ1v) is 8.04. The zero-order chi connectivity index (χ0) is 15.6. The van der Waals surface area contributed by atoms with Crippen LogP contribution in [0.3, 0.4) is 0 Å². The van der Waals surface area contributed by atoms with E-state index in [4.69, 9.17) is 0 Å². The van der Waals surface area contributed by atoms with E-state index in [1.54, 1.807) is 6.33 Å². The third-order valence-electron chi connectivity index (χ3n) is 4.65. The first-order chi connectivity index (χ1) is 11.3. The summed E-state index contributed by atoms with van der Waals surface area (Å²) in [7, 11) is 0. The monoisotopic (exact) mass is 308 g/mol. The molecule has 4 rings (SSSR count). The normalized spacial score (nSPS) is 22.5. The standard InChI is InChI=1S/C18H20N4O/c23-15-6-8-21(12-14-4-2-1-3-5-14)17(10-15)16-7-9-22-18(16)11-19-13-20-22/h1-5,7,9,11,13,15,17,23H,6,8,10,12H2. The van der Waals surface area contributed by atoms with E-state index in [2.05, 4.69) is 45.3 Å². The summed E-state index contributed by atoms with van der Waals surface area (Å²) in [5.74, 6) is 0. The minimum Gasteiger partial charge on any atom is -0.393 e. The van der Waals surface area contributed by atoms with Crippen molar-refractivity contribution < 1.29 is 5.11 Å². The average Bonchev–Trinajstić information content (AvgIpc) is 3.01. The van der Waals surface area contributed by atoms with Gasteiger partial charge in [0.25, 0.3) is 0 Å². The van der Waals surface area contributed by atoms with Gasteiger partial charge in [0, 0.05) is 25.3 Å². The molecule has 1 N–H and O–H groups in total. The maximum atomic E-state index is 10.2. The predicted octanol–water partition coefficient (Wildman–Crippen LogP) is 2.43. The third kappa shape index (κ3) is 2.85. The number of rotatable bonds is 3. The average molecular weight is 308 g/mol. The molecule has 1 fully saturated rings. The fraction of sp³-hybridized carbons (Fsp3) is 0.333. The lowest BCUT2D eigenvalue weighted by Gasteiger charge is -2.38. The molecule has 0 amide bonds. The SMILES string of the molecule is OC1CCN(Cc2ccccc2)C(c2ccn3ncncc23)C1. The number of hydrogen-bond acceptors (Lipinski definition) is 4. The van der Waals surface area contributed by atoms with Gasteiger partial charge in [0.05, 0.1) is 17.8 Å². The predicted molar refractivity (Wildman–Crippen MR) is 87.8 cm³/mol. The highest BCUT2D eigenvalue weighted by Crippen LogP contribution is 2.34. The lowest BCUT2D eigenvalue weighted by molar-refractivity contribution is 0.0369. The first kappa shape index (κ1) is 14.4. The second-order valence-corrected chi connectivity index (χ2v) is 6.16. The highest BCUT2D eigenvalue weighted by atomic mass is 16.3. The molecule has 0 saturated carbocycles. The Balaban J connectivity index is 1.67. The van der Waals surface area contributed by atoms with E-state index >= 15 is 0 Å². The van der Waals surface area contributed by atoms with E-state index in [1.807, 2.05) is 23.0 Å². The van der Waals surface area contributed by atoms with Gasteiger partial charge in [-0.1, -0.05) is 30.3 Å². The van der Waals surface area contributed by atoms with Gasteiger partial charge >= 0.3 is 0 Å². The van der Waals surface area contributed by atoms with Crippen molar-refractivity contribution in [2.75, 3.05) is 6.54 Å². The zero-order valence-corrected chi connectivity index (χ0v) is 12.9. The summed E-state index contributed by atoms with van der Waals surface area (Å²) in [6.45, 7) is 1.79. The van der Waals surface area contributed by atoms with E-state index < -0.39 is 0 Å². The number of aliphatic hydroxyl groups is 1. The van der Waals surface area contributed by atoms with Crippen molar-refractivity contribution >= 4 is 5.52 Å². The lowest BCUT2D eigenvalue weighted by atomic mass is 9.93. The molecule has 0 bridgehead atoms. The number of nitrogens with zero attached hydrogens (tertiary/aromatic N) is 4. The van der Waals surface area contributed by atoms with Gasteiger partial charge in [0.2, 0.25) is 0 Å². The van der Waals surface area contributed by atoms with Crippen molar-refractivity contribution in [1.29, 1.82) is 0 Å². The van der Waals surface area contributed by atoms with E-state index in [0.29, 0.717) is 0 Å². The Morgan fingerprint density at radius 1 is 1.17 bits per heavy atom. The van der Waals surface area contributed by atoms with Gasteiger partial charge in [-0.2, -0.15) is 5.10 Å². The second kappa shape index (κ2) is 6.10. The van der Waals surface area contributed by atoms with Crippen molar-refractivity contribution in [3.8, 4) is 0 Å². The molecular formula is C18H20N4O. The molecule has 3 heterocycles. The summed E-state index contributed by atoms with van der Waals surface area (Å²) < 4.78 is 1.85. The number of benzene rings is 1. The van der Waals surface area contributed by atoms with Gasteiger partial charge in [-0.05, 0) is 30.0 Å². The number of likely N-dealkylation sites (tertiary alicyclic amines) is 1. The van der Waals surface area contributed by atoms with E-state index in [9.17, 15) is 5.11 Å². The van der Waals surface area contributed by atoms with Crippen LogP contribution < -0.4 is 0 Å². The molecule has 1 aliphatic rings. The molecule has 0 aliphatic carbocycles. The summed E-state index contributed by atoms with van der Waals surface area (Å²) in [6.07, 6.45) is 6.70.